The van der Waals surface area contributed by atoms with E-state index in [0.717, 1.165) is 17.0 Å². The SMILES string of the molecule is CCOC(=O)N[C@@]1(C(F)(F)F)N=C(c2ccccc2)N(Cc2ccc(F)cc2)C1=O. The third kappa shape index (κ3) is 3.98. The normalized spacial score (nSPS) is 18.9. The van der Waals surface area contributed by atoms with Crippen molar-refractivity contribution in [3.63, 3.8) is 0 Å². The molecule has 0 aromatic heterocycles. The Morgan fingerprint density at radius 1 is 1.13 bits per heavy atom. The summed E-state index contributed by atoms with van der Waals surface area (Å²) in [6.45, 7) is 0.910. The zero-order valence-electron chi connectivity index (χ0n) is 15.7. The summed E-state index contributed by atoms with van der Waals surface area (Å²) in [7, 11) is 0. The van der Waals surface area contributed by atoms with Crippen LogP contribution in [0.25, 0.3) is 0 Å². The van der Waals surface area contributed by atoms with Crippen molar-refractivity contribution in [1.29, 1.82) is 0 Å². The minimum atomic E-state index is -5.24. The van der Waals surface area contributed by atoms with Gasteiger partial charge in [-0.15, -0.1) is 0 Å². The van der Waals surface area contributed by atoms with Crippen molar-refractivity contribution in [2.75, 3.05) is 6.61 Å². The van der Waals surface area contributed by atoms with Gasteiger partial charge in [0.05, 0.1) is 13.2 Å². The lowest BCUT2D eigenvalue weighted by molar-refractivity contribution is -0.197. The molecule has 6 nitrogen and oxygen atoms in total. The minimum absolute atomic E-state index is 0.192. The highest BCUT2D eigenvalue weighted by atomic mass is 19.4. The first-order valence-electron chi connectivity index (χ1n) is 8.91. The van der Waals surface area contributed by atoms with Crippen molar-refractivity contribution in [1.82, 2.24) is 10.2 Å². The molecule has 0 aliphatic carbocycles. The van der Waals surface area contributed by atoms with Crippen LogP contribution in [0.1, 0.15) is 18.1 Å². The number of nitrogens with zero attached hydrogens (tertiary/aromatic N) is 2. The first-order chi connectivity index (χ1) is 14.2. The number of alkyl carbamates (subject to hydrolysis) is 1. The number of carbonyl (C=O) groups excluding carboxylic acids is 2. The lowest BCUT2D eigenvalue weighted by Gasteiger charge is -2.28. The molecule has 0 unspecified atom stereocenters. The number of carbonyl (C=O) groups is 2. The molecule has 0 bridgehead atoms. The number of hydrogen-bond donors (Lipinski definition) is 1. The minimum Gasteiger partial charge on any atom is -0.450 e. The highest BCUT2D eigenvalue weighted by Gasteiger charge is 2.67. The number of amidine groups is 1. The van der Waals surface area contributed by atoms with E-state index >= 15 is 0 Å². The number of aliphatic imine (C=N–C) groups is 1. The summed E-state index contributed by atoms with van der Waals surface area (Å²) in [6.07, 6.45) is -6.67. The number of ether oxygens (including phenoxy) is 1. The fourth-order valence-electron chi connectivity index (χ4n) is 2.94. The smallest absolute Gasteiger partial charge is 0.442 e. The Morgan fingerprint density at radius 3 is 2.33 bits per heavy atom. The Morgan fingerprint density at radius 2 is 1.77 bits per heavy atom. The van der Waals surface area contributed by atoms with E-state index in [1.165, 1.54) is 31.2 Å². The zero-order chi connectivity index (χ0) is 21.9. The molecule has 1 N–H and O–H groups in total. The Balaban J connectivity index is 2.09. The van der Waals surface area contributed by atoms with E-state index in [-0.39, 0.29) is 24.6 Å². The standard InChI is InChI=1S/C20H17F4N3O3/c1-2-30-18(29)26-19(20(22,23)24)17(28)27(12-13-8-10-15(21)11-9-13)16(25-19)14-6-4-3-5-7-14/h3-11H,2,12H2,1H3,(H,26,29)/t19-/m0/s1. The van der Waals surface area contributed by atoms with Crippen LogP contribution in [0.4, 0.5) is 22.4 Å². The van der Waals surface area contributed by atoms with Gasteiger partial charge in [-0.25, -0.2) is 14.2 Å². The van der Waals surface area contributed by atoms with Crippen molar-refractivity contribution in [2.45, 2.75) is 25.3 Å². The average Bonchev–Trinajstić information content (AvgIpc) is 2.97. The van der Waals surface area contributed by atoms with Crippen LogP contribution < -0.4 is 5.32 Å². The fraction of sp³-hybridized carbons (Fsp3) is 0.250. The van der Waals surface area contributed by atoms with Gasteiger partial charge in [0.15, 0.2) is 0 Å². The first kappa shape index (κ1) is 21.3. The quantitative estimate of drug-likeness (QED) is 0.747. The van der Waals surface area contributed by atoms with E-state index in [2.05, 4.69) is 9.73 Å². The molecule has 3 rings (SSSR count). The van der Waals surface area contributed by atoms with Crippen LogP contribution in [-0.4, -0.2) is 41.2 Å². The molecule has 1 atom stereocenters. The Hall–Kier alpha value is -3.43. The number of benzene rings is 2. The molecule has 0 spiro atoms. The average molecular weight is 423 g/mol. The summed E-state index contributed by atoms with van der Waals surface area (Å²) >= 11 is 0. The van der Waals surface area contributed by atoms with Crippen molar-refractivity contribution in [3.05, 3.63) is 71.5 Å². The molecule has 1 heterocycles. The van der Waals surface area contributed by atoms with Gasteiger partial charge in [0.25, 0.3) is 5.91 Å². The molecule has 1 aliphatic rings. The summed E-state index contributed by atoms with van der Waals surface area (Å²) in [4.78, 5) is 29.3. The van der Waals surface area contributed by atoms with Crippen molar-refractivity contribution in [2.24, 2.45) is 4.99 Å². The van der Waals surface area contributed by atoms with Gasteiger partial charge < -0.3 is 4.74 Å². The molecule has 2 amide bonds. The van der Waals surface area contributed by atoms with E-state index < -0.39 is 29.7 Å². The second-order valence-corrected chi connectivity index (χ2v) is 6.37. The van der Waals surface area contributed by atoms with Gasteiger partial charge in [-0.2, -0.15) is 13.2 Å². The molecular formula is C20H17F4N3O3. The topological polar surface area (TPSA) is 71.0 Å². The lowest BCUT2D eigenvalue weighted by Crippen LogP contribution is -2.63. The summed E-state index contributed by atoms with van der Waals surface area (Å²) < 4.78 is 59.9. The molecule has 2 aromatic carbocycles. The van der Waals surface area contributed by atoms with Crippen LogP contribution in [0.3, 0.4) is 0 Å². The van der Waals surface area contributed by atoms with Gasteiger partial charge in [-0.05, 0) is 24.6 Å². The van der Waals surface area contributed by atoms with Crippen molar-refractivity contribution < 1.29 is 31.9 Å². The second kappa shape index (κ2) is 8.13. The maximum atomic E-state index is 14.0. The summed E-state index contributed by atoms with van der Waals surface area (Å²) in [5, 5.41) is 1.58. The highest BCUT2D eigenvalue weighted by Crippen LogP contribution is 2.39. The van der Waals surface area contributed by atoms with E-state index in [1.807, 2.05) is 0 Å². The maximum Gasteiger partial charge on any atom is 0.442 e. The molecule has 0 fully saturated rings. The molecule has 2 aromatic rings. The predicted molar refractivity (Wildman–Crippen MR) is 98.9 cm³/mol. The van der Waals surface area contributed by atoms with Crippen LogP contribution in [0.2, 0.25) is 0 Å². The maximum absolute atomic E-state index is 14.0. The van der Waals surface area contributed by atoms with Gasteiger partial charge >= 0.3 is 17.9 Å². The Labute approximate surface area is 169 Å². The van der Waals surface area contributed by atoms with Crippen LogP contribution in [-0.2, 0) is 16.1 Å². The second-order valence-electron chi connectivity index (χ2n) is 6.37. The number of rotatable bonds is 5. The monoisotopic (exact) mass is 423 g/mol. The van der Waals surface area contributed by atoms with Crippen molar-refractivity contribution in [3.8, 4) is 0 Å². The van der Waals surface area contributed by atoms with Crippen molar-refractivity contribution >= 4 is 17.8 Å². The third-order valence-electron chi connectivity index (χ3n) is 4.34. The number of halogens is 4. The van der Waals surface area contributed by atoms with Crippen LogP contribution in [0, 0.1) is 5.82 Å². The number of amides is 2. The number of hydrogen-bond acceptors (Lipinski definition) is 4. The van der Waals surface area contributed by atoms with E-state index in [1.54, 1.807) is 23.5 Å². The lowest BCUT2D eigenvalue weighted by atomic mass is 10.1. The van der Waals surface area contributed by atoms with Gasteiger partial charge in [0, 0.05) is 5.56 Å². The molecule has 0 saturated carbocycles. The number of alkyl halides is 3. The van der Waals surface area contributed by atoms with Crippen LogP contribution in [0.15, 0.2) is 59.6 Å². The Kier molecular flexibility index (Phi) is 5.77. The summed E-state index contributed by atoms with van der Waals surface area (Å²) in [5.74, 6) is -2.30. The first-order valence-corrected chi connectivity index (χ1v) is 8.91. The predicted octanol–water partition coefficient (Wildman–Crippen LogP) is 3.62. The van der Waals surface area contributed by atoms with Gasteiger partial charge in [0.1, 0.15) is 11.7 Å². The van der Waals surface area contributed by atoms with Gasteiger partial charge in [-0.1, -0.05) is 42.5 Å². The molecule has 1 aliphatic heterocycles. The molecule has 10 heteroatoms. The third-order valence-corrected chi connectivity index (χ3v) is 4.34. The summed E-state index contributed by atoms with van der Waals surface area (Å²) in [5.41, 5.74) is -2.92. The van der Waals surface area contributed by atoms with Gasteiger partial charge in [0.2, 0.25) is 0 Å². The fourth-order valence-corrected chi connectivity index (χ4v) is 2.94. The molecule has 0 saturated heterocycles. The zero-order valence-corrected chi connectivity index (χ0v) is 15.7. The van der Waals surface area contributed by atoms with Crippen LogP contribution in [0.5, 0.6) is 0 Å². The van der Waals surface area contributed by atoms with E-state index in [9.17, 15) is 27.2 Å². The highest BCUT2D eigenvalue weighted by molar-refractivity contribution is 6.16. The van der Waals surface area contributed by atoms with Crippen LogP contribution >= 0.6 is 0 Å². The number of nitrogens with one attached hydrogen (secondary N) is 1. The largest absolute Gasteiger partial charge is 0.450 e. The molecule has 158 valence electrons. The molecule has 0 radical (unpaired) electrons. The molecular weight excluding hydrogens is 406 g/mol. The van der Waals surface area contributed by atoms with Gasteiger partial charge in [-0.3, -0.25) is 15.0 Å². The van der Waals surface area contributed by atoms with E-state index in [0.29, 0.717) is 5.56 Å². The molecule has 30 heavy (non-hydrogen) atoms. The summed E-state index contributed by atoms with van der Waals surface area (Å²) in [6, 6.07) is 12.7. The van der Waals surface area contributed by atoms with E-state index in [4.69, 9.17) is 0 Å². The Bertz CT molecular complexity index is 962.